The summed E-state index contributed by atoms with van der Waals surface area (Å²) in [6.07, 6.45) is 4.03. The molecule has 13 heavy (non-hydrogen) atoms. The van der Waals surface area contributed by atoms with Crippen molar-refractivity contribution < 1.29 is 9.53 Å². The lowest BCUT2D eigenvalue weighted by molar-refractivity contribution is -0.114. The Labute approximate surface area is 77.7 Å². The maximum absolute atomic E-state index is 11.2. The van der Waals surface area contributed by atoms with Crippen molar-refractivity contribution in [2.24, 2.45) is 0 Å². The van der Waals surface area contributed by atoms with E-state index in [-0.39, 0.29) is 5.78 Å². The Morgan fingerprint density at radius 2 is 2.38 bits per heavy atom. The molecule has 0 amide bonds. The zero-order valence-corrected chi connectivity index (χ0v) is 7.75. The van der Waals surface area contributed by atoms with Crippen LogP contribution in [0.1, 0.15) is 13.3 Å². The van der Waals surface area contributed by atoms with E-state index in [0.29, 0.717) is 13.0 Å². The van der Waals surface area contributed by atoms with Crippen LogP contribution in [0, 0.1) is 0 Å². The average Bonchev–Trinajstić information content (AvgIpc) is 2.29. The van der Waals surface area contributed by atoms with Crippen LogP contribution in [0.3, 0.4) is 0 Å². The lowest BCUT2D eigenvalue weighted by Gasteiger charge is -2.25. The number of allylic oxidation sites excluding steroid dienone is 2. The quantitative estimate of drug-likeness (QED) is 0.557. The summed E-state index contributed by atoms with van der Waals surface area (Å²) < 4.78 is 5.39. The van der Waals surface area contributed by atoms with E-state index in [1.165, 1.54) is 5.57 Å². The number of rotatable bonds is 0. The first-order chi connectivity index (χ1) is 6.27. The summed E-state index contributed by atoms with van der Waals surface area (Å²) in [6.45, 7) is 4.28. The highest BCUT2D eigenvalue weighted by atomic mass is 16.5. The fraction of sp³-hybridized carbons (Fsp3) is 0.500. The van der Waals surface area contributed by atoms with E-state index >= 15 is 0 Å². The fourth-order valence-electron chi connectivity index (χ4n) is 1.67. The van der Waals surface area contributed by atoms with Gasteiger partial charge in [-0.3, -0.25) is 4.79 Å². The number of hydrogen-bond acceptors (Lipinski definition) is 3. The van der Waals surface area contributed by atoms with Crippen molar-refractivity contribution in [3.63, 3.8) is 0 Å². The van der Waals surface area contributed by atoms with Gasteiger partial charge in [0.1, 0.15) is 0 Å². The van der Waals surface area contributed by atoms with Crippen molar-refractivity contribution in [3.05, 3.63) is 23.5 Å². The van der Waals surface area contributed by atoms with Crippen LogP contribution >= 0.6 is 0 Å². The number of ketones is 1. The molecular formula is C10H13NO2. The summed E-state index contributed by atoms with van der Waals surface area (Å²) in [6, 6.07) is 0. The minimum absolute atomic E-state index is 0.188. The smallest absolute Gasteiger partial charge is 0.163 e. The highest BCUT2D eigenvalue weighted by Crippen LogP contribution is 2.21. The third kappa shape index (κ3) is 1.65. The van der Waals surface area contributed by atoms with Crippen LogP contribution in [0.4, 0.5) is 0 Å². The van der Waals surface area contributed by atoms with E-state index in [9.17, 15) is 4.79 Å². The van der Waals surface area contributed by atoms with Gasteiger partial charge in [0, 0.05) is 18.4 Å². The van der Waals surface area contributed by atoms with Crippen molar-refractivity contribution in [2.45, 2.75) is 13.3 Å². The highest BCUT2D eigenvalue weighted by Gasteiger charge is 2.19. The Bertz CT molecular complexity index is 291. The van der Waals surface area contributed by atoms with Crippen molar-refractivity contribution >= 4 is 5.78 Å². The zero-order valence-electron chi connectivity index (χ0n) is 7.75. The van der Waals surface area contributed by atoms with Gasteiger partial charge in [-0.2, -0.15) is 0 Å². The predicted octanol–water partition coefficient (Wildman–Crippen LogP) is 1.08. The minimum Gasteiger partial charge on any atom is -0.375 e. The molecular weight excluding hydrogens is 166 g/mol. The van der Waals surface area contributed by atoms with Gasteiger partial charge >= 0.3 is 0 Å². The molecule has 0 fully saturated rings. The maximum atomic E-state index is 11.2. The van der Waals surface area contributed by atoms with Crippen LogP contribution in [0.5, 0.6) is 0 Å². The van der Waals surface area contributed by atoms with Gasteiger partial charge in [-0.15, -0.1) is 0 Å². The van der Waals surface area contributed by atoms with E-state index in [1.807, 2.05) is 13.1 Å². The molecule has 2 heterocycles. The fourth-order valence-corrected chi connectivity index (χ4v) is 1.67. The van der Waals surface area contributed by atoms with Gasteiger partial charge in [0.25, 0.3) is 0 Å². The van der Waals surface area contributed by atoms with E-state index in [0.717, 1.165) is 18.8 Å². The van der Waals surface area contributed by atoms with Gasteiger partial charge in [0.05, 0.1) is 19.6 Å². The van der Waals surface area contributed by atoms with E-state index in [4.69, 9.17) is 4.74 Å². The molecule has 0 radical (unpaired) electrons. The Balaban J connectivity index is 2.32. The van der Waals surface area contributed by atoms with Gasteiger partial charge in [-0.05, 0) is 18.6 Å². The number of fused-ring (bicyclic) bond motifs is 1. The molecule has 70 valence electrons. The number of ether oxygens (including phenoxy) is 1. The largest absolute Gasteiger partial charge is 0.375 e. The standard InChI is InChI=1S/C10H13NO2/c1-8-7-13-5-4-11-3-2-9(12)6-10(8)11/h2-3H,4-7H2,1H3. The molecule has 0 saturated carbocycles. The van der Waals surface area contributed by atoms with Crippen LogP contribution in [0.15, 0.2) is 23.5 Å². The minimum atomic E-state index is 0.188. The number of carbonyl (C=O) groups is 1. The van der Waals surface area contributed by atoms with E-state index in [2.05, 4.69) is 4.90 Å². The summed E-state index contributed by atoms with van der Waals surface area (Å²) in [7, 11) is 0. The van der Waals surface area contributed by atoms with Crippen LogP contribution in [-0.4, -0.2) is 30.4 Å². The number of carbonyl (C=O) groups excluding carboxylic acids is 1. The second-order valence-electron chi connectivity index (χ2n) is 3.43. The molecule has 0 saturated heterocycles. The van der Waals surface area contributed by atoms with Crippen LogP contribution in [-0.2, 0) is 9.53 Å². The Kier molecular flexibility index (Phi) is 2.19. The third-order valence-corrected chi connectivity index (χ3v) is 2.42. The Morgan fingerprint density at radius 3 is 3.23 bits per heavy atom. The normalized spacial score (nSPS) is 23.2. The lowest BCUT2D eigenvalue weighted by atomic mass is 10.1. The first-order valence-corrected chi connectivity index (χ1v) is 4.51. The molecule has 0 N–H and O–H groups in total. The van der Waals surface area contributed by atoms with Crippen LogP contribution in [0.2, 0.25) is 0 Å². The first kappa shape index (κ1) is 8.51. The topological polar surface area (TPSA) is 29.5 Å². The molecule has 3 nitrogen and oxygen atoms in total. The molecule has 3 heteroatoms. The van der Waals surface area contributed by atoms with Crippen molar-refractivity contribution in [2.75, 3.05) is 19.8 Å². The molecule has 0 spiro atoms. The van der Waals surface area contributed by atoms with Gasteiger partial charge in [0.2, 0.25) is 0 Å². The molecule has 2 aliphatic rings. The molecule has 0 unspecified atom stereocenters. The van der Waals surface area contributed by atoms with E-state index < -0.39 is 0 Å². The van der Waals surface area contributed by atoms with Crippen molar-refractivity contribution in [1.82, 2.24) is 4.90 Å². The Morgan fingerprint density at radius 1 is 1.54 bits per heavy atom. The number of nitrogens with zero attached hydrogens (tertiary/aromatic N) is 1. The first-order valence-electron chi connectivity index (χ1n) is 4.51. The predicted molar refractivity (Wildman–Crippen MR) is 49.0 cm³/mol. The zero-order chi connectivity index (χ0) is 9.26. The molecule has 2 aliphatic heterocycles. The second kappa shape index (κ2) is 3.34. The van der Waals surface area contributed by atoms with Crippen molar-refractivity contribution in [3.8, 4) is 0 Å². The van der Waals surface area contributed by atoms with Crippen LogP contribution in [0.25, 0.3) is 0 Å². The maximum Gasteiger partial charge on any atom is 0.163 e. The molecule has 0 aromatic rings. The Hall–Kier alpha value is -1.09. The molecule has 2 rings (SSSR count). The van der Waals surface area contributed by atoms with Gasteiger partial charge in [-0.25, -0.2) is 0 Å². The molecule has 0 aromatic heterocycles. The molecule has 0 aliphatic carbocycles. The van der Waals surface area contributed by atoms with Gasteiger partial charge < -0.3 is 9.64 Å². The van der Waals surface area contributed by atoms with Crippen LogP contribution < -0.4 is 0 Å². The molecule has 0 bridgehead atoms. The monoisotopic (exact) mass is 179 g/mol. The van der Waals surface area contributed by atoms with Gasteiger partial charge in [0.15, 0.2) is 5.78 Å². The third-order valence-electron chi connectivity index (χ3n) is 2.42. The van der Waals surface area contributed by atoms with Gasteiger partial charge in [-0.1, -0.05) is 0 Å². The SMILES string of the molecule is CC1=C2CC(=O)C=CN2CCOC1. The summed E-state index contributed by atoms with van der Waals surface area (Å²) in [4.78, 5) is 13.3. The second-order valence-corrected chi connectivity index (χ2v) is 3.43. The molecule has 0 aromatic carbocycles. The highest BCUT2D eigenvalue weighted by molar-refractivity contribution is 5.92. The summed E-state index contributed by atoms with van der Waals surface area (Å²) in [5, 5.41) is 0. The number of hydrogen-bond donors (Lipinski definition) is 0. The average molecular weight is 179 g/mol. The molecule has 0 atom stereocenters. The van der Waals surface area contributed by atoms with Crippen molar-refractivity contribution in [1.29, 1.82) is 0 Å². The van der Waals surface area contributed by atoms with E-state index in [1.54, 1.807) is 6.08 Å². The summed E-state index contributed by atoms with van der Waals surface area (Å²) >= 11 is 0. The lowest BCUT2D eigenvalue weighted by Crippen LogP contribution is -2.25. The summed E-state index contributed by atoms with van der Waals surface area (Å²) in [5.74, 6) is 0.188. The summed E-state index contributed by atoms with van der Waals surface area (Å²) in [5.41, 5.74) is 2.31.